The highest BCUT2D eigenvalue weighted by atomic mass is 16.3. The van der Waals surface area contributed by atoms with Crippen LogP contribution in [0, 0.1) is 6.92 Å². The monoisotopic (exact) mass is 310 g/mol. The quantitative estimate of drug-likeness (QED) is 0.948. The molecule has 23 heavy (non-hydrogen) atoms. The second-order valence-electron chi connectivity index (χ2n) is 6.07. The van der Waals surface area contributed by atoms with Gasteiger partial charge in [-0.3, -0.25) is 9.69 Å². The minimum Gasteiger partial charge on any atom is -0.507 e. The van der Waals surface area contributed by atoms with Gasteiger partial charge in [-0.15, -0.1) is 0 Å². The van der Waals surface area contributed by atoms with Crippen LogP contribution in [-0.4, -0.2) is 47.0 Å². The van der Waals surface area contributed by atoms with Crippen LogP contribution in [0.15, 0.2) is 48.5 Å². The van der Waals surface area contributed by atoms with Gasteiger partial charge in [0.2, 0.25) is 0 Å². The number of phenolic OH excluding ortho intramolecular Hbond substituents is 1. The van der Waals surface area contributed by atoms with Crippen LogP contribution in [0.25, 0.3) is 0 Å². The highest BCUT2D eigenvalue weighted by molar-refractivity contribution is 5.96. The minimum absolute atomic E-state index is 0.0553. The van der Waals surface area contributed by atoms with Crippen LogP contribution in [0.5, 0.6) is 5.75 Å². The van der Waals surface area contributed by atoms with E-state index in [1.165, 1.54) is 11.1 Å². The van der Waals surface area contributed by atoms with Crippen molar-refractivity contribution in [1.82, 2.24) is 9.80 Å². The van der Waals surface area contributed by atoms with Crippen molar-refractivity contribution in [3.8, 4) is 5.75 Å². The predicted octanol–water partition coefficient (Wildman–Crippen LogP) is 2.66. The number of nitrogens with zero attached hydrogens (tertiary/aromatic N) is 2. The maximum absolute atomic E-state index is 12.5. The summed E-state index contributed by atoms with van der Waals surface area (Å²) in [4.78, 5) is 16.7. The standard InChI is InChI=1S/C19H22N2O2/c1-15-5-4-6-16(13-15)14-20-9-11-21(12-10-20)19(23)17-7-2-3-8-18(17)22/h2-8,13,22H,9-12,14H2,1H3. The zero-order valence-electron chi connectivity index (χ0n) is 13.4. The Morgan fingerprint density at radius 1 is 1.04 bits per heavy atom. The third kappa shape index (κ3) is 3.71. The molecule has 2 aromatic rings. The largest absolute Gasteiger partial charge is 0.507 e. The van der Waals surface area contributed by atoms with Crippen LogP contribution in [-0.2, 0) is 6.54 Å². The van der Waals surface area contributed by atoms with Gasteiger partial charge in [0, 0.05) is 32.7 Å². The van der Waals surface area contributed by atoms with Gasteiger partial charge in [-0.2, -0.15) is 0 Å². The molecule has 0 saturated carbocycles. The average molecular weight is 310 g/mol. The maximum atomic E-state index is 12.5. The lowest BCUT2D eigenvalue weighted by atomic mass is 10.1. The number of carbonyl (C=O) groups excluding carboxylic acids is 1. The molecule has 1 saturated heterocycles. The molecule has 4 nitrogen and oxygen atoms in total. The van der Waals surface area contributed by atoms with E-state index in [1.807, 2.05) is 4.90 Å². The van der Waals surface area contributed by atoms with Crippen molar-refractivity contribution in [3.05, 3.63) is 65.2 Å². The molecule has 0 bridgehead atoms. The van der Waals surface area contributed by atoms with Crippen LogP contribution in [0.4, 0.5) is 0 Å². The minimum atomic E-state index is -0.0849. The molecule has 0 aliphatic carbocycles. The molecule has 1 amide bonds. The Balaban J connectivity index is 1.58. The van der Waals surface area contributed by atoms with Gasteiger partial charge in [-0.25, -0.2) is 0 Å². The van der Waals surface area contributed by atoms with Crippen molar-refractivity contribution in [2.45, 2.75) is 13.5 Å². The van der Waals surface area contributed by atoms with Crippen LogP contribution in [0.3, 0.4) is 0 Å². The summed E-state index contributed by atoms with van der Waals surface area (Å²) in [6.07, 6.45) is 0. The summed E-state index contributed by atoms with van der Waals surface area (Å²) in [7, 11) is 0. The molecule has 0 atom stereocenters. The molecule has 120 valence electrons. The maximum Gasteiger partial charge on any atom is 0.257 e. The predicted molar refractivity (Wildman–Crippen MR) is 90.5 cm³/mol. The molecular weight excluding hydrogens is 288 g/mol. The van der Waals surface area contributed by atoms with Crippen LogP contribution >= 0.6 is 0 Å². The molecule has 4 heteroatoms. The molecule has 0 spiro atoms. The van der Waals surface area contributed by atoms with E-state index in [2.05, 4.69) is 36.1 Å². The fraction of sp³-hybridized carbons (Fsp3) is 0.316. The number of hydrogen-bond donors (Lipinski definition) is 1. The van der Waals surface area contributed by atoms with E-state index in [4.69, 9.17) is 0 Å². The topological polar surface area (TPSA) is 43.8 Å². The summed E-state index contributed by atoms with van der Waals surface area (Å²) in [5.41, 5.74) is 2.97. The smallest absolute Gasteiger partial charge is 0.257 e. The van der Waals surface area contributed by atoms with E-state index in [0.717, 1.165) is 19.6 Å². The molecule has 1 N–H and O–H groups in total. The van der Waals surface area contributed by atoms with Crippen LogP contribution < -0.4 is 0 Å². The summed E-state index contributed by atoms with van der Waals surface area (Å²) < 4.78 is 0. The lowest BCUT2D eigenvalue weighted by Crippen LogP contribution is -2.48. The third-order valence-corrected chi connectivity index (χ3v) is 4.28. The van der Waals surface area contributed by atoms with Gasteiger partial charge >= 0.3 is 0 Å². The molecule has 1 aliphatic heterocycles. The number of piperazine rings is 1. The number of aryl methyl sites for hydroxylation is 1. The Morgan fingerprint density at radius 3 is 2.48 bits per heavy atom. The SMILES string of the molecule is Cc1cccc(CN2CCN(C(=O)c3ccccc3O)CC2)c1. The number of carbonyl (C=O) groups is 1. The second kappa shape index (κ2) is 6.84. The van der Waals surface area contributed by atoms with E-state index in [-0.39, 0.29) is 11.7 Å². The molecule has 1 fully saturated rings. The highest BCUT2D eigenvalue weighted by Crippen LogP contribution is 2.19. The first-order chi connectivity index (χ1) is 11.1. The van der Waals surface area contributed by atoms with Crippen molar-refractivity contribution >= 4 is 5.91 Å². The first-order valence-corrected chi connectivity index (χ1v) is 7.98. The number of benzene rings is 2. The van der Waals surface area contributed by atoms with Gasteiger partial charge in [0.05, 0.1) is 5.56 Å². The number of phenols is 1. The lowest BCUT2D eigenvalue weighted by Gasteiger charge is -2.35. The number of aromatic hydroxyl groups is 1. The molecule has 0 radical (unpaired) electrons. The Morgan fingerprint density at radius 2 is 1.78 bits per heavy atom. The number of amides is 1. The number of hydrogen-bond acceptors (Lipinski definition) is 3. The Kier molecular flexibility index (Phi) is 4.63. The third-order valence-electron chi connectivity index (χ3n) is 4.28. The molecule has 1 aliphatic rings. The van der Waals surface area contributed by atoms with Crippen molar-refractivity contribution in [2.24, 2.45) is 0 Å². The second-order valence-corrected chi connectivity index (χ2v) is 6.07. The van der Waals surface area contributed by atoms with Gasteiger partial charge in [-0.1, -0.05) is 42.0 Å². The summed E-state index contributed by atoms with van der Waals surface area (Å²) >= 11 is 0. The molecule has 0 aromatic heterocycles. The van der Waals surface area contributed by atoms with Crippen molar-refractivity contribution in [2.75, 3.05) is 26.2 Å². The zero-order chi connectivity index (χ0) is 16.2. The summed E-state index contributed by atoms with van der Waals surface area (Å²) in [5, 5.41) is 9.83. The Labute approximate surface area is 137 Å². The summed E-state index contributed by atoms with van der Waals surface area (Å²) in [5.74, 6) is -0.0296. The van der Waals surface area contributed by atoms with Gasteiger partial charge in [0.25, 0.3) is 5.91 Å². The van der Waals surface area contributed by atoms with Crippen LogP contribution in [0.1, 0.15) is 21.5 Å². The molecule has 1 heterocycles. The number of para-hydroxylation sites is 1. The van der Waals surface area contributed by atoms with Gasteiger partial charge in [0.15, 0.2) is 0 Å². The van der Waals surface area contributed by atoms with E-state index in [9.17, 15) is 9.90 Å². The normalized spacial score (nSPS) is 15.6. The molecular formula is C19H22N2O2. The zero-order valence-corrected chi connectivity index (χ0v) is 13.4. The number of rotatable bonds is 3. The lowest BCUT2D eigenvalue weighted by molar-refractivity contribution is 0.0625. The van der Waals surface area contributed by atoms with Crippen LogP contribution in [0.2, 0.25) is 0 Å². The van der Waals surface area contributed by atoms with Gasteiger partial charge < -0.3 is 10.0 Å². The summed E-state index contributed by atoms with van der Waals surface area (Å²) in [6, 6.07) is 15.3. The Bertz CT molecular complexity index is 691. The van der Waals surface area contributed by atoms with E-state index in [1.54, 1.807) is 24.3 Å². The first kappa shape index (κ1) is 15.6. The van der Waals surface area contributed by atoms with E-state index >= 15 is 0 Å². The average Bonchev–Trinajstić information content (AvgIpc) is 2.55. The van der Waals surface area contributed by atoms with Gasteiger partial charge in [0.1, 0.15) is 5.75 Å². The van der Waals surface area contributed by atoms with Crippen molar-refractivity contribution in [1.29, 1.82) is 0 Å². The molecule has 2 aromatic carbocycles. The summed E-state index contributed by atoms with van der Waals surface area (Å²) in [6.45, 7) is 6.12. The molecule has 3 rings (SSSR count). The first-order valence-electron chi connectivity index (χ1n) is 7.98. The van der Waals surface area contributed by atoms with E-state index < -0.39 is 0 Å². The Hall–Kier alpha value is -2.33. The van der Waals surface area contributed by atoms with E-state index in [0.29, 0.717) is 18.7 Å². The fourth-order valence-corrected chi connectivity index (χ4v) is 3.00. The van der Waals surface area contributed by atoms with Gasteiger partial charge in [-0.05, 0) is 24.6 Å². The fourth-order valence-electron chi connectivity index (χ4n) is 3.00. The molecule has 0 unspecified atom stereocenters. The highest BCUT2D eigenvalue weighted by Gasteiger charge is 2.23. The van der Waals surface area contributed by atoms with Crippen molar-refractivity contribution < 1.29 is 9.90 Å². The van der Waals surface area contributed by atoms with Crippen molar-refractivity contribution in [3.63, 3.8) is 0 Å².